The number of nitrogens with one attached hydrogen (secondary N) is 1. The summed E-state index contributed by atoms with van der Waals surface area (Å²) in [6, 6.07) is 8.13. The monoisotopic (exact) mass is 261 g/mol. The lowest BCUT2D eigenvalue weighted by Crippen LogP contribution is -2.50. The van der Waals surface area contributed by atoms with Gasteiger partial charge in [0.25, 0.3) is 0 Å². The van der Waals surface area contributed by atoms with Gasteiger partial charge in [-0.1, -0.05) is 36.8 Å². The van der Waals surface area contributed by atoms with Crippen molar-refractivity contribution < 1.29 is 9.53 Å². The Bertz CT molecular complexity index is 437. The zero-order valence-corrected chi connectivity index (χ0v) is 12.0. The lowest BCUT2D eigenvalue weighted by atomic mass is 9.86. The summed E-state index contributed by atoms with van der Waals surface area (Å²) in [5, 5.41) is 3.46. The van der Waals surface area contributed by atoms with Crippen LogP contribution in [0.3, 0.4) is 0 Å². The number of hydrogen-bond donors (Lipinski definition) is 1. The van der Waals surface area contributed by atoms with Gasteiger partial charge in [-0.2, -0.15) is 0 Å². The van der Waals surface area contributed by atoms with Crippen LogP contribution in [-0.2, 0) is 15.1 Å². The van der Waals surface area contributed by atoms with Gasteiger partial charge in [-0.25, -0.2) is 4.79 Å². The number of carbonyl (C=O) groups excluding carboxylic acids is 1. The molecule has 0 spiro atoms. The average molecular weight is 261 g/mol. The lowest BCUT2D eigenvalue weighted by molar-refractivity contribution is -0.149. The van der Waals surface area contributed by atoms with Crippen molar-refractivity contribution in [2.75, 3.05) is 13.7 Å². The normalized spacial score (nSPS) is 17.8. The molecule has 19 heavy (non-hydrogen) atoms. The largest absolute Gasteiger partial charge is 0.467 e. The van der Waals surface area contributed by atoms with Crippen LogP contribution in [0.2, 0.25) is 0 Å². The van der Waals surface area contributed by atoms with Crippen molar-refractivity contribution in [2.45, 2.75) is 38.6 Å². The predicted octanol–water partition coefficient (Wildman–Crippen LogP) is 2.77. The maximum Gasteiger partial charge on any atom is 0.330 e. The maximum absolute atomic E-state index is 12.3. The number of aryl methyl sites for hydroxylation is 1. The average Bonchev–Trinajstić information content (AvgIpc) is 3.25. The molecule has 3 heteroatoms. The van der Waals surface area contributed by atoms with Crippen LogP contribution < -0.4 is 5.32 Å². The summed E-state index contributed by atoms with van der Waals surface area (Å²) in [6.07, 6.45) is 3.22. The summed E-state index contributed by atoms with van der Waals surface area (Å²) < 4.78 is 5.04. The van der Waals surface area contributed by atoms with Gasteiger partial charge < -0.3 is 4.74 Å². The van der Waals surface area contributed by atoms with E-state index in [-0.39, 0.29) is 5.97 Å². The molecule has 0 amide bonds. The van der Waals surface area contributed by atoms with Crippen molar-refractivity contribution in [1.29, 1.82) is 0 Å². The topological polar surface area (TPSA) is 38.3 Å². The molecule has 3 nitrogen and oxygen atoms in total. The number of rotatable bonds is 6. The third-order valence-electron chi connectivity index (χ3n) is 4.00. The zero-order valence-electron chi connectivity index (χ0n) is 12.0. The van der Waals surface area contributed by atoms with Gasteiger partial charge in [0.15, 0.2) is 0 Å². The highest BCUT2D eigenvalue weighted by molar-refractivity contribution is 5.82. The number of ether oxygens (including phenoxy) is 1. The van der Waals surface area contributed by atoms with Crippen molar-refractivity contribution in [2.24, 2.45) is 5.92 Å². The Labute approximate surface area is 115 Å². The van der Waals surface area contributed by atoms with Crippen molar-refractivity contribution in [3.8, 4) is 0 Å². The molecule has 1 unspecified atom stereocenters. The first-order valence-electron chi connectivity index (χ1n) is 7.03. The molecular formula is C16H23NO2. The number of methoxy groups -OCH3 is 1. The summed E-state index contributed by atoms with van der Waals surface area (Å²) in [4.78, 5) is 12.3. The van der Waals surface area contributed by atoms with Crippen molar-refractivity contribution >= 4 is 5.97 Å². The van der Waals surface area contributed by atoms with Crippen LogP contribution in [0.5, 0.6) is 0 Å². The smallest absolute Gasteiger partial charge is 0.330 e. The van der Waals surface area contributed by atoms with Crippen LogP contribution in [0, 0.1) is 12.8 Å². The van der Waals surface area contributed by atoms with Gasteiger partial charge in [0, 0.05) is 0 Å². The van der Waals surface area contributed by atoms with Crippen molar-refractivity contribution in [3.05, 3.63) is 35.4 Å². The van der Waals surface area contributed by atoms with E-state index in [1.54, 1.807) is 0 Å². The van der Waals surface area contributed by atoms with Gasteiger partial charge in [0.2, 0.25) is 0 Å². The minimum absolute atomic E-state index is 0.195. The second-order valence-corrected chi connectivity index (χ2v) is 5.44. The van der Waals surface area contributed by atoms with Crippen LogP contribution >= 0.6 is 0 Å². The molecule has 1 saturated carbocycles. The van der Waals surface area contributed by atoms with Gasteiger partial charge >= 0.3 is 5.97 Å². The summed E-state index contributed by atoms with van der Waals surface area (Å²) >= 11 is 0. The first-order chi connectivity index (χ1) is 9.12. The van der Waals surface area contributed by atoms with Gasteiger partial charge in [-0.3, -0.25) is 5.32 Å². The number of carbonyl (C=O) groups is 1. The molecular weight excluding hydrogens is 238 g/mol. The lowest BCUT2D eigenvalue weighted by Gasteiger charge is -2.32. The molecule has 1 aromatic carbocycles. The first kappa shape index (κ1) is 14.1. The summed E-state index contributed by atoms with van der Waals surface area (Å²) in [5.74, 6) is 0.528. The summed E-state index contributed by atoms with van der Waals surface area (Å²) in [6.45, 7) is 4.96. The van der Waals surface area contributed by atoms with E-state index < -0.39 is 5.54 Å². The molecule has 1 N–H and O–H groups in total. The fourth-order valence-corrected chi connectivity index (χ4v) is 2.42. The Kier molecular flexibility index (Phi) is 4.25. The molecule has 0 saturated heterocycles. The molecule has 0 radical (unpaired) electrons. The van der Waals surface area contributed by atoms with E-state index in [2.05, 4.69) is 5.32 Å². The van der Waals surface area contributed by atoms with E-state index >= 15 is 0 Å². The molecule has 1 atom stereocenters. The van der Waals surface area contributed by atoms with E-state index in [0.29, 0.717) is 6.42 Å². The van der Waals surface area contributed by atoms with Crippen LogP contribution in [0.4, 0.5) is 0 Å². The fourth-order valence-electron chi connectivity index (χ4n) is 2.42. The molecule has 0 heterocycles. The number of esters is 1. The molecule has 1 aliphatic carbocycles. The second kappa shape index (κ2) is 5.74. The molecule has 1 fully saturated rings. The zero-order chi connectivity index (χ0) is 13.9. The molecule has 2 rings (SSSR count). The SMILES string of the molecule is CCC(NCC1CC1)(C(=O)OC)c1ccc(C)cc1. The molecule has 0 aliphatic heterocycles. The third-order valence-corrected chi connectivity index (χ3v) is 4.00. The molecule has 0 bridgehead atoms. The molecule has 0 aromatic heterocycles. The van der Waals surface area contributed by atoms with Gasteiger partial charge in [-0.15, -0.1) is 0 Å². The fraction of sp³-hybridized carbons (Fsp3) is 0.562. The number of hydrogen-bond acceptors (Lipinski definition) is 3. The van der Waals surface area contributed by atoms with Gasteiger partial charge in [0.1, 0.15) is 5.54 Å². The Balaban J connectivity index is 2.29. The Morgan fingerprint density at radius 2 is 2.00 bits per heavy atom. The third kappa shape index (κ3) is 2.98. The highest BCUT2D eigenvalue weighted by Gasteiger charge is 2.40. The van der Waals surface area contributed by atoms with Gasteiger partial charge in [-0.05, 0) is 44.2 Å². The summed E-state index contributed by atoms with van der Waals surface area (Å²) in [7, 11) is 1.46. The standard InChI is InChI=1S/C16H23NO2/c1-4-16(15(18)19-3,17-11-13-7-8-13)14-9-5-12(2)6-10-14/h5-6,9-10,13,17H,4,7-8,11H2,1-3H3. The van der Waals surface area contributed by atoms with Crippen molar-refractivity contribution in [1.82, 2.24) is 5.32 Å². The Morgan fingerprint density at radius 3 is 2.47 bits per heavy atom. The van der Waals surface area contributed by atoms with Crippen LogP contribution in [0.1, 0.15) is 37.3 Å². The van der Waals surface area contributed by atoms with E-state index in [1.165, 1.54) is 25.5 Å². The highest BCUT2D eigenvalue weighted by Crippen LogP contribution is 2.32. The highest BCUT2D eigenvalue weighted by atomic mass is 16.5. The van der Waals surface area contributed by atoms with E-state index in [4.69, 9.17) is 4.74 Å². The quantitative estimate of drug-likeness (QED) is 0.800. The van der Waals surface area contributed by atoms with Crippen LogP contribution in [-0.4, -0.2) is 19.6 Å². The second-order valence-electron chi connectivity index (χ2n) is 5.44. The van der Waals surface area contributed by atoms with Crippen LogP contribution in [0.15, 0.2) is 24.3 Å². The molecule has 1 aromatic rings. The maximum atomic E-state index is 12.3. The van der Waals surface area contributed by atoms with Gasteiger partial charge in [0.05, 0.1) is 7.11 Å². The van der Waals surface area contributed by atoms with E-state index in [0.717, 1.165) is 18.0 Å². The Hall–Kier alpha value is -1.35. The summed E-state index contributed by atoms with van der Waals surface area (Å²) in [5.41, 5.74) is 1.49. The minimum Gasteiger partial charge on any atom is -0.467 e. The first-order valence-corrected chi connectivity index (χ1v) is 7.03. The van der Waals surface area contributed by atoms with Crippen LogP contribution in [0.25, 0.3) is 0 Å². The predicted molar refractivity (Wildman–Crippen MR) is 75.9 cm³/mol. The number of benzene rings is 1. The minimum atomic E-state index is -0.703. The Morgan fingerprint density at radius 1 is 1.37 bits per heavy atom. The van der Waals surface area contributed by atoms with E-state index in [1.807, 2.05) is 38.1 Å². The molecule has 1 aliphatic rings. The van der Waals surface area contributed by atoms with E-state index in [9.17, 15) is 4.79 Å². The molecule has 104 valence electrons. The van der Waals surface area contributed by atoms with Crippen molar-refractivity contribution in [3.63, 3.8) is 0 Å².